The van der Waals surface area contributed by atoms with Gasteiger partial charge in [-0.3, -0.25) is 9.69 Å². The lowest BCUT2D eigenvalue weighted by Crippen LogP contribution is -2.42. The van der Waals surface area contributed by atoms with E-state index < -0.39 is 0 Å². The largest absolute Gasteiger partial charge is 0.345 e. The zero-order chi connectivity index (χ0) is 11.8. The number of amides is 1. The predicted molar refractivity (Wildman–Crippen MR) is 63.7 cm³/mol. The first-order chi connectivity index (χ1) is 7.02. The van der Waals surface area contributed by atoms with Crippen LogP contribution in [0.1, 0.15) is 27.2 Å². The van der Waals surface area contributed by atoms with Crippen LogP contribution in [-0.4, -0.2) is 55.0 Å². The Labute approximate surface area is 93.4 Å². The van der Waals surface area contributed by atoms with Crippen LogP contribution in [0.2, 0.25) is 0 Å². The number of hydrogen-bond donors (Lipinski definition) is 1. The molecule has 0 bridgehead atoms. The van der Waals surface area contributed by atoms with Gasteiger partial charge in [0.15, 0.2) is 0 Å². The van der Waals surface area contributed by atoms with Gasteiger partial charge in [0.25, 0.3) is 0 Å². The molecule has 0 unspecified atom stereocenters. The number of rotatable bonds is 7. The van der Waals surface area contributed by atoms with Gasteiger partial charge in [-0.15, -0.1) is 0 Å². The highest BCUT2D eigenvalue weighted by atomic mass is 16.2. The fourth-order valence-electron chi connectivity index (χ4n) is 1.29. The topological polar surface area (TPSA) is 49.6 Å². The Morgan fingerprint density at radius 1 is 1.40 bits per heavy atom. The normalized spacial score (nSPS) is 11.1. The van der Waals surface area contributed by atoms with Crippen molar-refractivity contribution in [2.24, 2.45) is 5.73 Å². The van der Waals surface area contributed by atoms with Gasteiger partial charge in [-0.2, -0.15) is 0 Å². The molecule has 0 saturated heterocycles. The van der Waals surface area contributed by atoms with Crippen LogP contribution in [0.25, 0.3) is 0 Å². The molecule has 90 valence electrons. The second-order valence-electron chi connectivity index (χ2n) is 4.11. The van der Waals surface area contributed by atoms with Gasteiger partial charge in [0.1, 0.15) is 0 Å². The fraction of sp³-hybridized carbons (Fsp3) is 0.909. The first-order valence-electron chi connectivity index (χ1n) is 5.71. The number of nitrogens with zero attached hydrogens (tertiary/aromatic N) is 2. The molecule has 0 aromatic carbocycles. The number of likely N-dealkylation sites (N-methyl/N-ethyl adjacent to an activating group) is 1. The summed E-state index contributed by atoms with van der Waals surface area (Å²) in [6.45, 7) is 9.05. The Bertz CT molecular complexity index is 183. The van der Waals surface area contributed by atoms with E-state index in [0.29, 0.717) is 19.1 Å². The Balaban J connectivity index is 4.09. The van der Waals surface area contributed by atoms with E-state index in [0.717, 1.165) is 19.5 Å². The predicted octanol–water partition coefficient (Wildman–Crippen LogP) is 0.524. The lowest BCUT2D eigenvalue weighted by Gasteiger charge is -2.27. The number of carbonyl (C=O) groups is 1. The minimum absolute atomic E-state index is 0.184. The second-order valence-corrected chi connectivity index (χ2v) is 4.11. The van der Waals surface area contributed by atoms with E-state index in [1.54, 1.807) is 4.90 Å². The standard InChI is InChI=1S/C11H25N3O/c1-5-13(4)11(15)9-14(10(2)3)8-6-7-12/h10H,5-9,12H2,1-4H3. The highest BCUT2D eigenvalue weighted by Gasteiger charge is 2.15. The molecule has 0 fully saturated rings. The molecule has 0 aliphatic heterocycles. The van der Waals surface area contributed by atoms with Crippen LogP contribution in [-0.2, 0) is 4.79 Å². The molecule has 0 spiro atoms. The summed E-state index contributed by atoms with van der Waals surface area (Å²) >= 11 is 0. The first-order valence-corrected chi connectivity index (χ1v) is 5.71. The van der Waals surface area contributed by atoms with E-state index in [4.69, 9.17) is 5.73 Å². The highest BCUT2D eigenvalue weighted by molar-refractivity contribution is 5.77. The number of hydrogen-bond acceptors (Lipinski definition) is 3. The summed E-state index contributed by atoms with van der Waals surface area (Å²) in [4.78, 5) is 15.6. The van der Waals surface area contributed by atoms with Crippen molar-refractivity contribution in [3.63, 3.8) is 0 Å². The molecule has 0 aliphatic rings. The monoisotopic (exact) mass is 215 g/mol. The molecule has 0 aromatic rings. The molecule has 0 rings (SSSR count). The molecule has 0 saturated carbocycles. The fourth-order valence-corrected chi connectivity index (χ4v) is 1.29. The van der Waals surface area contributed by atoms with Crippen molar-refractivity contribution in [3.05, 3.63) is 0 Å². The van der Waals surface area contributed by atoms with Crippen molar-refractivity contribution in [1.29, 1.82) is 0 Å². The summed E-state index contributed by atoms with van der Waals surface area (Å²) in [7, 11) is 1.84. The van der Waals surface area contributed by atoms with Crippen molar-refractivity contribution in [3.8, 4) is 0 Å². The van der Waals surface area contributed by atoms with E-state index in [1.165, 1.54) is 0 Å². The van der Waals surface area contributed by atoms with Crippen LogP contribution in [0.3, 0.4) is 0 Å². The smallest absolute Gasteiger partial charge is 0.236 e. The molecule has 2 N–H and O–H groups in total. The average Bonchev–Trinajstić information content (AvgIpc) is 2.22. The second kappa shape index (κ2) is 7.65. The van der Waals surface area contributed by atoms with E-state index >= 15 is 0 Å². The zero-order valence-corrected chi connectivity index (χ0v) is 10.5. The van der Waals surface area contributed by atoms with Gasteiger partial charge in [-0.05, 0) is 33.7 Å². The van der Waals surface area contributed by atoms with Crippen LogP contribution in [0.15, 0.2) is 0 Å². The van der Waals surface area contributed by atoms with E-state index in [9.17, 15) is 4.79 Å². The molecule has 0 aromatic heterocycles. The zero-order valence-electron chi connectivity index (χ0n) is 10.5. The van der Waals surface area contributed by atoms with Crippen molar-refractivity contribution in [1.82, 2.24) is 9.80 Å². The van der Waals surface area contributed by atoms with E-state index in [1.807, 2.05) is 14.0 Å². The Kier molecular flexibility index (Phi) is 7.34. The third-order valence-corrected chi connectivity index (χ3v) is 2.62. The van der Waals surface area contributed by atoms with Gasteiger partial charge in [0.05, 0.1) is 6.54 Å². The van der Waals surface area contributed by atoms with Crippen molar-refractivity contribution >= 4 is 5.91 Å². The maximum atomic E-state index is 11.7. The summed E-state index contributed by atoms with van der Waals surface area (Å²) in [5.74, 6) is 0.184. The minimum Gasteiger partial charge on any atom is -0.345 e. The Morgan fingerprint density at radius 2 is 2.00 bits per heavy atom. The summed E-state index contributed by atoms with van der Waals surface area (Å²) in [5.41, 5.74) is 5.47. The van der Waals surface area contributed by atoms with Gasteiger partial charge < -0.3 is 10.6 Å². The van der Waals surface area contributed by atoms with E-state index in [-0.39, 0.29) is 5.91 Å². The average molecular weight is 215 g/mol. The van der Waals surface area contributed by atoms with Gasteiger partial charge in [-0.1, -0.05) is 0 Å². The Hall–Kier alpha value is -0.610. The molecule has 4 heteroatoms. The molecule has 15 heavy (non-hydrogen) atoms. The minimum atomic E-state index is 0.184. The summed E-state index contributed by atoms with van der Waals surface area (Å²) < 4.78 is 0. The third kappa shape index (κ3) is 5.74. The van der Waals surface area contributed by atoms with Gasteiger partial charge in [-0.25, -0.2) is 0 Å². The highest BCUT2D eigenvalue weighted by Crippen LogP contribution is 2.00. The van der Waals surface area contributed by atoms with Crippen LogP contribution < -0.4 is 5.73 Å². The lowest BCUT2D eigenvalue weighted by atomic mass is 10.2. The summed E-state index contributed by atoms with van der Waals surface area (Å²) in [6.07, 6.45) is 0.946. The molecule has 1 amide bonds. The van der Waals surface area contributed by atoms with Crippen LogP contribution in [0, 0.1) is 0 Å². The third-order valence-electron chi connectivity index (χ3n) is 2.62. The first kappa shape index (κ1) is 14.4. The van der Waals surface area contributed by atoms with Crippen molar-refractivity contribution < 1.29 is 4.79 Å². The SMILES string of the molecule is CCN(C)C(=O)CN(CCCN)C(C)C. The van der Waals surface area contributed by atoms with Crippen LogP contribution >= 0.6 is 0 Å². The molecule has 0 aliphatic carbocycles. The molecule has 0 radical (unpaired) electrons. The van der Waals surface area contributed by atoms with E-state index in [2.05, 4.69) is 18.7 Å². The van der Waals surface area contributed by atoms with Crippen LogP contribution in [0.5, 0.6) is 0 Å². The van der Waals surface area contributed by atoms with Crippen molar-refractivity contribution in [2.75, 3.05) is 33.2 Å². The Morgan fingerprint density at radius 3 is 2.40 bits per heavy atom. The van der Waals surface area contributed by atoms with Gasteiger partial charge in [0, 0.05) is 26.2 Å². The molecular formula is C11H25N3O. The maximum absolute atomic E-state index is 11.7. The van der Waals surface area contributed by atoms with Crippen molar-refractivity contribution in [2.45, 2.75) is 33.2 Å². The molecule has 0 atom stereocenters. The lowest BCUT2D eigenvalue weighted by molar-refractivity contribution is -0.131. The number of carbonyl (C=O) groups excluding carboxylic acids is 1. The maximum Gasteiger partial charge on any atom is 0.236 e. The van der Waals surface area contributed by atoms with Crippen LogP contribution in [0.4, 0.5) is 0 Å². The molecular weight excluding hydrogens is 190 g/mol. The van der Waals surface area contributed by atoms with Gasteiger partial charge >= 0.3 is 0 Å². The quantitative estimate of drug-likeness (QED) is 0.674. The van der Waals surface area contributed by atoms with Gasteiger partial charge in [0.2, 0.25) is 5.91 Å². The summed E-state index contributed by atoms with van der Waals surface area (Å²) in [6, 6.07) is 0.394. The number of nitrogens with two attached hydrogens (primary N) is 1. The molecule has 4 nitrogen and oxygen atoms in total. The molecule has 0 heterocycles. The summed E-state index contributed by atoms with van der Waals surface area (Å²) in [5, 5.41) is 0.